The zero-order valence-electron chi connectivity index (χ0n) is 21.3. The van der Waals surface area contributed by atoms with E-state index >= 15 is 0 Å². The van der Waals surface area contributed by atoms with Gasteiger partial charge in [-0.05, 0) is 48.6 Å². The Bertz CT molecular complexity index is 1310. The fraction of sp³-hybridized carbons (Fsp3) is 0.323. The van der Waals surface area contributed by atoms with Crippen molar-refractivity contribution in [2.45, 2.75) is 25.7 Å². The molecule has 0 radical (unpaired) electrons. The Morgan fingerprint density at radius 1 is 0.889 bits per heavy atom. The van der Waals surface area contributed by atoms with Crippen molar-refractivity contribution in [1.82, 2.24) is 9.47 Å². The molecule has 0 saturated carbocycles. The van der Waals surface area contributed by atoms with E-state index in [0.717, 1.165) is 44.0 Å². The van der Waals surface area contributed by atoms with Gasteiger partial charge in [0, 0.05) is 56.7 Å². The van der Waals surface area contributed by atoms with Crippen LogP contribution in [0.5, 0.6) is 5.75 Å². The van der Waals surface area contributed by atoms with Crippen molar-refractivity contribution >= 4 is 22.5 Å². The SMILES string of the molecule is CCOc1ccccc1N1CCN(C(=O)CC(Cc2ccccc2)c2cn(C)c3ccccc23)CC1. The number of nitrogens with zero attached hydrogens (tertiary/aromatic N) is 3. The van der Waals surface area contributed by atoms with Crippen LogP contribution < -0.4 is 9.64 Å². The van der Waals surface area contributed by atoms with Crippen LogP contribution in [0, 0.1) is 0 Å². The lowest BCUT2D eigenvalue weighted by Gasteiger charge is -2.37. The van der Waals surface area contributed by atoms with Crippen LogP contribution in [-0.4, -0.2) is 48.2 Å². The quantitative estimate of drug-likeness (QED) is 0.327. The highest BCUT2D eigenvalue weighted by Gasteiger charge is 2.27. The molecule has 0 aliphatic carbocycles. The smallest absolute Gasteiger partial charge is 0.223 e. The number of amides is 1. The van der Waals surface area contributed by atoms with Crippen molar-refractivity contribution in [3.8, 4) is 5.75 Å². The number of aromatic nitrogens is 1. The largest absolute Gasteiger partial charge is 0.492 e. The van der Waals surface area contributed by atoms with Crippen LogP contribution in [0.25, 0.3) is 10.9 Å². The summed E-state index contributed by atoms with van der Waals surface area (Å²) < 4.78 is 8.02. The molecule has 0 N–H and O–H groups in total. The van der Waals surface area contributed by atoms with Crippen LogP contribution in [0.3, 0.4) is 0 Å². The van der Waals surface area contributed by atoms with E-state index in [2.05, 4.69) is 77.3 Å². The van der Waals surface area contributed by atoms with E-state index in [1.54, 1.807) is 0 Å². The summed E-state index contributed by atoms with van der Waals surface area (Å²) in [6.45, 7) is 5.74. The molecule has 1 aliphatic heterocycles. The van der Waals surface area contributed by atoms with Gasteiger partial charge in [-0.2, -0.15) is 0 Å². The lowest BCUT2D eigenvalue weighted by Crippen LogP contribution is -2.49. The molecule has 0 spiro atoms. The summed E-state index contributed by atoms with van der Waals surface area (Å²) in [7, 11) is 2.09. The molecule has 5 heteroatoms. The molecule has 5 nitrogen and oxygen atoms in total. The molecule has 1 fully saturated rings. The number of hydrogen-bond donors (Lipinski definition) is 0. The Hall–Kier alpha value is -3.73. The molecule has 1 amide bonds. The number of hydrogen-bond acceptors (Lipinski definition) is 3. The highest BCUT2D eigenvalue weighted by molar-refractivity contribution is 5.86. The lowest BCUT2D eigenvalue weighted by molar-refractivity contribution is -0.131. The van der Waals surface area contributed by atoms with Gasteiger partial charge in [0.25, 0.3) is 0 Å². The summed E-state index contributed by atoms with van der Waals surface area (Å²) in [4.78, 5) is 18.0. The molecule has 3 aromatic carbocycles. The molecule has 186 valence electrons. The van der Waals surface area contributed by atoms with Gasteiger partial charge in [-0.1, -0.05) is 60.7 Å². The number of fused-ring (bicyclic) bond motifs is 1. The number of carbonyl (C=O) groups excluding carboxylic acids is 1. The molecular formula is C31H35N3O2. The second-order valence-corrected chi connectivity index (χ2v) is 9.57. The van der Waals surface area contributed by atoms with Crippen LogP contribution >= 0.6 is 0 Å². The van der Waals surface area contributed by atoms with Crippen molar-refractivity contribution in [3.05, 3.63) is 96.2 Å². The third-order valence-corrected chi connectivity index (χ3v) is 7.25. The van der Waals surface area contributed by atoms with Crippen LogP contribution in [0.1, 0.15) is 30.4 Å². The molecule has 1 unspecified atom stereocenters. The van der Waals surface area contributed by atoms with Gasteiger partial charge in [0.15, 0.2) is 0 Å². The molecule has 1 saturated heterocycles. The van der Waals surface area contributed by atoms with Crippen molar-refractivity contribution in [2.75, 3.05) is 37.7 Å². The van der Waals surface area contributed by atoms with Crippen LogP contribution in [0.15, 0.2) is 85.1 Å². The number of piperazine rings is 1. The van der Waals surface area contributed by atoms with Gasteiger partial charge in [0.1, 0.15) is 5.75 Å². The average molecular weight is 482 g/mol. The Morgan fingerprint density at radius 3 is 2.36 bits per heavy atom. The minimum Gasteiger partial charge on any atom is -0.492 e. The maximum absolute atomic E-state index is 13.6. The van der Waals surface area contributed by atoms with E-state index < -0.39 is 0 Å². The number of benzene rings is 3. The average Bonchev–Trinajstić information content (AvgIpc) is 3.26. The number of rotatable bonds is 8. The van der Waals surface area contributed by atoms with Gasteiger partial charge in [0.05, 0.1) is 12.3 Å². The highest BCUT2D eigenvalue weighted by atomic mass is 16.5. The van der Waals surface area contributed by atoms with E-state index in [0.29, 0.717) is 13.0 Å². The Labute approximate surface area is 213 Å². The molecule has 0 bridgehead atoms. The maximum atomic E-state index is 13.6. The number of carbonyl (C=O) groups is 1. The fourth-order valence-electron chi connectivity index (χ4n) is 5.42. The first-order valence-corrected chi connectivity index (χ1v) is 13.0. The first-order valence-electron chi connectivity index (χ1n) is 13.0. The number of anilines is 1. The standard InChI is InChI=1S/C31H35N3O2/c1-3-36-30-16-10-9-15-29(30)33-17-19-34(20-18-33)31(35)22-25(21-24-11-5-4-6-12-24)27-23-32(2)28-14-8-7-13-26(27)28/h4-16,23,25H,3,17-22H2,1-2H3. The summed E-state index contributed by atoms with van der Waals surface area (Å²) in [6, 6.07) is 27.2. The highest BCUT2D eigenvalue weighted by Crippen LogP contribution is 2.33. The zero-order valence-corrected chi connectivity index (χ0v) is 21.3. The van der Waals surface area contributed by atoms with E-state index in [-0.39, 0.29) is 11.8 Å². The molecule has 5 rings (SSSR count). The second kappa shape index (κ2) is 10.9. The molecular weight excluding hydrogens is 446 g/mol. The topological polar surface area (TPSA) is 37.7 Å². The monoisotopic (exact) mass is 481 g/mol. The predicted octanol–water partition coefficient (Wildman–Crippen LogP) is 5.64. The molecule has 2 heterocycles. The summed E-state index contributed by atoms with van der Waals surface area (Å²) in [6.07, 6.45) is 3.58. The maximum Gasteiger partial charge on any atom is 0.223 e. The van der Waals surface area contributed by atoms with Gasteiger partial charge in [0.2, 0.25) is 5.91 Å². The Balaban J connectivity index is 1.32. The van der Waals surface area contributed by atoms with E-state index in [4.69, 9.17) is 4.74 Å². The third kappa shape index (κ3) is 5.11. The Kier molecular flexibility index (Phi) is 7.26. The predicted molar refractivity (Wildman–Crippen MR) is 147 cm³/mol. The minimum absolute atomic E-state index is 0.128. The van der Waals surface area contributed by atoms with Crippen LogP contribution in [0.4, 0.5) is 5.69 Å². The third-order valence-electron chi connectivity index (χ3n) is 7.25. The summed E-state index contributed by atoms with van der Waals surface area (Å²) >= 11 is 0. The van der Waals surface area contributed by atoms with E-state index in [1.807, 2.05) is 36.1 Å². The Morgan fingerprint density at radius 2 is 1.58 bits per heavy atom. The molecule has 1 aromatic heterocycles. The van der Waals surface area contributed by atoms with E-state index in [1.165, 1.54) is 22.0 Å². The van der Waals surface area contributed by atoms with Crippen molar-refractivity contribution in [2.24, 2.45) is 7.05 Å². The molecule has 4 aromatic rings. The lowest BCUT2D eigenvalue weighted by atomic mass is 9.88. The van der Waals surface area contributed by atoms with Gasteiger partial charge in [-0.15, -0.1) is 0 Å². The first kappa shape index (κ1) is 24.0. The normalized spacial score (nSPS) is 14.7. The van der Waals surface area contributed by atoms with Gasteiger partial charge < -0.3 is 19.1 Å². The summed E-state index contributed by atoms with van der Waals surface area (Å²) in [5.74, 6) is 1.28. The second-order valence-electron chi connectivity index (χ2n) is 9.57. The van der Waals surface area contributed by atoms with Gasteiger partial charge in [-0.3, -0.25) is 4.79 Å². The fourth-order valence-corrected chi connectivity index (χ4v) is 5.42. The summed E-state index contributed by atoms with van der Waals surface area (Å²) in [5.41, 5.74) is 4.85. The molecule has 1 atom stereocenters. The van der Waals surface area contributed by atoms with Crippen molar-refractivity contribution < 1.29 is 9.53 Å². The van der Waals surface area contributed by atoms with Crippen molar-refractivity contribution in [1.29, 1.82) is 0 Å². The van der Waals surface area contributed by atoms with Crippen LogP contribution in [0.2, 0.25) is 0 Å². The van der Waals surface area contributed by atoms with Gasteiger partial charge in [-0.25, -0.2) is 0 Å². The van der Waals surface area contributed by atoms with Gasteiger partial charge >= 0.3 is 0 Å². The number of ether oxygens (including phenoxy) is 1. The zero-order chi connectivity index (χ0) is 24.9. The first-order chi connectivity index (χ1) is 17.6. The minimum atomic E-state index is 0.128. The summed E-state index contributed by atoms with van der Waals surface area (Å²) in [5, 5.41) is 1.24. The van der Waals surface area contributed by atoms with E-state index in [9.17, 15) is 4.79 Å². The van der Waals surface area contributed by atoms with Crippen LogP contribution in [-0.2, 0) is 18.3 Å². The number of para-hydroxylation sites is 3. The molecule has 36 heavy (non-hydrogen) atoms. The van der Waals surface area contributed by atoms with Crippen molar-refractivity contribution in [3.63, 3.8) is 0 Å². The number of aryl methyl sites for hydroxylation is 1. The molecule has 1 aliphatic rings.